The van der Waals surface area contributed by atoms with E-state index in [9.17, 15) is 0 Å². The lowest BCUT2D eigenvalue weighted by Crippen LogP contribution is -2.42. The molecule has 0 radical (unpaired) electrons. The molecule has 1 heterocycles. The van der Waals surface area contributed by atoms with Crippen molar-refractivity contribution in [2.24, 2.45) is 5.92 Å². The number of piperidine rings is 1. The molecule has 2 aromatic carbocycles. The van der Waals surface area contributed by atoms with E-state index in [1.807, 2.05) is 24.3 Å². The lowest BCUT2D eigenvalue weighted by atomic mass is 9.80. The van der Waals surface area contributed by atoms with Crippen molar-refractivity contribution in [2.45, 2.75) is 32.1 Å². The predicted molar refractivity (Wildman–Crippen MR) is 120 cm³/mol. The van der Waals surface area contributed by atoms with Gasteiger partial charge < -0.3 is 14.5 Å². The number of anilines is 1. The number of likely N-dealkylation sites (tertiary alicyclic amines) is 1. The van der Waals surface area contributed by atoms with Crippen molar-refractivity contribution in [2.75, 3.05) is 45.2 Å². The molecule has 29 heavy (non-hydrogen) atoms. The molecule has 2 unspecified atom stereocenters. The van der Waals surface area contributed by atoms with Crippen LogP contribution in [0.4, 0.5) is 5.69 Å². The van der Waals surface area contributed by atoms with Crippen LogP contribution in [-0.4, -0.2) is 45.2 Å². The van der Waals surface area contributed by atoms with Crippen molar-refractivity contribution in [3.05, 3.63) is 59.7 Å². The van der Waals surface area contributed by atoms with Gasteiger partial charge in [0, 0.05) is 32.2 Å². The van der Waals surface area contributed by atoms with E-state index < -0.39 is 0 Å². The molecule has 1 saturated heterocycles. The van der Waals surface area contributed by atoms with E-state index in [4.69, 9.17) is 10.00 Å². The number of nitriles is 1. The Labute approximate surface area is 175 Å². The lowest BCUT2D eigenvalue weighted by Gasteiger charge is -2.39. The van der Waals surface area contributed by atoms with Gasteiger partial charge in [0.2, 0.25) is 0 Å². The van der Waals surface area contributed by atoms with Gasteiger partial charge in [-0.05, 0) is 73.8 Å². The normalized spacial score (nSPS) is 19.5. The second kappa shape index (κ2) is 10.3. The molecule has 1 aliphatic rings. The number of benzene rings is 2. The minimum absolute atomic E-state index is 0.460. The summed E-state index contributed by atoms with van der Waals surface area (Å²) >= 11 is 0. The molecule has 0 N–H and O–H groups in total. The van der Waals surface area contributed by atoms with Crippen molar-refractivity contribution in [1.82, 2.24) is 4.90 Å². The maximum absolute atomic E-state index is 8.98. The van der Waals surface area contributed by atoms with Gasteiger partial charge >= 0.3 is 0 Å². The van der Waals surface area contributed by atoms with Gasteiger partial charge in [-0.2, -0.15) is 5.26 Å². The first-order chi connectivity index (χ1) is 14.1. The molecular formula is C25H33N3O. The van der Waals surface area contributed by atoms with Crippen LogP contribution in [0, 0.1) is 17.2 Å². The minimum Gasteiger partial charge on any atom is -0.493 e. The van der Waals surface area contributed by atoms with Gasteiger partial charge in [0.05, 0.1) is 18.2 Å². The zero-order valence-corrected chi connectivity index (χ0v) is 18.0. The Hall–Kier alpha value is -2.51. The monoisotopic (exact) mass is 391 g/mol. The molecule has 0 spiro atoms. The Morgan fingerprint density at radius 1 is 1.10 bits per heavy atom. The van der Waals surface area contributed by atoms with Crippen LogP contribution in [-0.2, 0) is 0 Å². The maximum atomic E-state index is 8.98. The maximum Gasteiger partial charge on any atom is 0.119 e. The number of hydrogen-bond acceptors (Lipinski definition) is 4. The third-order valence-corrected chi connectivity index (χ3v) is 5.93. The molecule has 0 aromatic heterocycles. The summed E-state index contributed by atoms with van der Waals surface area (Å²) in [6.45, 7) is 6.37. The summed E-state index contributed by atoms with van der Waals surface area (Å²) in [7, 11) is 4.16. The predicted octanol–water partition coefficient (Wildman–Crippen LogP) is 4.91. The van der Waals surface area contributed by atoms with Gasteiger partial charge in [-0.1, -0.05) is 25.5 Å². The summed E-state index contributed by atoms with van der Waals surface area (Å²) < 4.78 is 6.17. The Kier molecular flexibility index (Phi) is 7.55. The Balaban J connectivity index is 1.71. The van der Waals surface area contributed by atoms with E-state index in [-0.39, 0.29) is 0 Å². The highest BCUT2D eigenvalue weighted by atomic mass is 16.5. The zero-order chi connectivity index (χ0) is 20.6. The minimum atomic E-state index is 0.460. The number of nitrogens with zero attached hydrogens (tertiary/aromatic N) is 3. The number of hydrogen-bond donors (Lipinski definition) is 0. The molecule has 1 fully saturated rings. The van der Waals surface area contributed by atoms with Gasteiger partial charge in [0.15, 0.2) is 0 Å². The van der Waals surface area contributed by atoms with E-state index in [1.165, 1.54) is 37.1 Å². The first-order valence-corrected chi connectivity index (χ1v) is 10.7. The van der Waals surface area contributed by atoms with E-state index in [1.54, 1.807) is 0 Å². The van der Waals surface area contributed by atoms with Gasteiger partial charge in [0.25, 0.3) is 0 Å². The highest BCUT2D eigenvalue weighted by Crippen LogP contribution is 2.34. The average molecular weight is 392 g/mol. The van der Waals surface area contributed by atoms with Crippen molar-refractivity contribution in [3.8, 4) is 11.8 Å². The molecule has 2 aromatic rings. The SMILES string of the molecule is CCCCN1CCC(c2ccc(N(C)C)cc2)C(COc2ccc(C#N)cc2)C1. The molecule has 0 aliphatic carbocycles. The van der Waals surface area contributed by atoms with Crippen LogP contribution in [0.3, 0.4) is 0 Å². The van der Waals surface area contributed by atoms with Gasteiger partial charge in [-0.25, -0.2) is 0 Å². The summed E-state index contributed by atoms with van der Waals surface area (Å²) in [4.78, 5) is 4.74. The number of ether oxygens (including phenoxy) is 1. The smallest absolute Gasteiger partial charge is 0.119 e. The average Bonchev–Trinajstić information content (AvgIpc) is 2.76. The Morgan fingerprint density at radius 2 is 1.83 bits per heavy atom. The van der Waals surface area contributed by atoms with Crippen LogP contribution < -0.4 is 9.64 Å². The first-order valence-electron chi connectivity index (χ1n) is 10.7. The fourth-order valence-corrected chi connectivity index (χ4v) is 4.15. The molecule has 3 rings (SSSR count). The summed E-state index contributed by atoms with van der Waals surface area (Å²) in [6, 6.07) is 18.6. The summed E-state index contributed by atoms with van der Waals surface area (Å²) in [5, 5.41) is 8.98. The molecule has 1 aliphatic heterocycles. The van der Waals surface area contributed by atoms with E-state index in [0.717, 1.165) is 18.8 Å². The topological polar surface area (TPSA) is 39.5 Å². The fourth-order valence-electron chi connectivity index (χ4n) is 4.15. The molecule has 2 atom stereocenters. The van der Waals surface area contributed by atoms with Gasteiger partial charge in [-0.3, -0.25) is 0 Å². The lowest BCUT2D eigenvalue weighted by molar-refractivity contribution is 0.110. The summed E-state index contributed by atoms with van der Waals surface area (Å²) in [6.07, 6.45) is 3.66. The second-order valence-corrected chi connectivity index (χ2v) is 8.24. The van der Waals surface area contributed by atoms with Crippen LogP contribution in [0.5, 0.6) is 5.75 Å². The van der Waals surface area contributed by atoms with Gasteiger partial charge in [-0.15, -0.1) is 0 Å². The van der Waals surface area contributed by atoms with Crippen LogP contribution in [0.1, 0.15) is 43.2 Å². The van der Waals surface area contributed by atoms with Crippen LogP contribution in [0.25, 0.3) is 0 Å². The molecule has 0 amide bonds. The second-order valence-electron chi connectivity index (χ2n) is 8.24. The highest BCUT2D eigenvalue weighted by molar-refractivity contribution is 5.46. The van der Waals surface area contributed by atoms with Crippen LogP contribution in [0.2, 0.25) is 0 Å². The summed E-state index contributed by atoms with van der Waals surface area (Å²) in [5.41, 5.74) is 3.32. The zero-order valence-electron chi connectivity index (χ0n) is 18.0. The van der Waals surface area contributed by atoms with Crippen LogP contribution in [0.15, 0.2) is 48.5 Å². The van der Waals surface area contributed by atoms with E-state index in [0.29, 0.717) is 24.0 Å². The third-order valence-electron chi connectivity index (χ3n) is 5.93. The van der Waals surface area contributed by atoms with Crippen molar-refractivity contribution in [1.29, 1.82) is 5.26 Å². The number of unbranched alkanes of at least 4 members (excludes halogenated alkanes) is 1. The van der Waals surface area contributed by atoms with Crippen molar-refractivity contribution in [3.63, 3.8) is 0 Å². The molecule has 0 saturated carbocycles. The standard InChI is InChI=1S/C25H33N3O/c1-4-5-15-28-16-14-25(21-8-10-23(11-9-21)27(2)3)22(18-28)19-29-24-12-6-20(17-26)7-13-24/h6-13,22,25H,4-5,14-16,18-19H2,1-3H3. The number of rotatable bonds is 8. The quantitative estimate of drug-likeness (QED) is 0.641. The van der Waals surface area contributed by atoms with E-state index in [2.05, 4.69) is 61.2 Å². The van der Waals surface area contributed by atoms with Gasteiger partial charge in [0.1, 0.15) is 5.75 Å². The fraction of sp³-hybridized carbons (Fsp3) is 0.480. The summed E-state index contributed by atoms with van der Waals surface area (Å²) in [5.74, 6) is 1.82. The van der Waals surface area contributed by atoms with Crippen LogP contribution >= 0.6 is 0 Å². The largest absolute Gasteiger partial charge is 0.493 e. The molecular weight excluding hydrogens is 358 g/mol. The highest BCUT2D eigenvalue weighted by Gasteiger charge is 2.30. The van der Waals surface area contributed by atoms with Crippen molar-refractivity contribution < 1.29 is 4.74 Å². The Morgan fingerprint density at radius 3 is 2.45 bits per heavy atom. The third kappa shape index (κ3) is 5.74. The molecule has 4 heteroatoms. The molecule has 4 nitrogen and oxygen atoms in total. The molecule has 154 valence electrons. The first kappa shape index (κ1) is 21.2. The Bertz CT molecular complexity index is 792. The van der Waals surface area contributed by atoms with Crippen molar-refractivity contribution >= 4 is 5.69 Å². The van der Waals surface area contributed by atoms with E-state index >= 15 is 0 Å². The molecule has 0 bridgehead atoms.